The van der Waals surface area contributed by atoms with Crippen molar-refractivity contribution in [3.05, 3.63) is 35.9 Å². The van der Waals surface area contributed by atoms with Crippen LogP contribution < -0.4 is 11.1 Å². The lowest BCUT2D eigenvalue weighted by Crippen LogP contribution is -2.46. The van der Waals surface area contributed by atoms with Crippen LogP contribution in [-0.2, 0) is 16.0 Å². The number of carbonyl (C=O) groups excluding carboxylic acids is 2. The molecule has 0 aliphatic rings. The topological polar surface area (TPSA) is 75.4 Å². The number of hydrogen-bond donors (Lipinski definition) is 2. The van der Waals surface area contributed by atoms with Gasteiger partial charge in [0.25, 0.3) is 0 Å². The number of nitrogens with one attached hydrogen (secondary N) is 1. The summed E-state index contributed by atoms with van der Waals surface area (Å²) in [6, 6.07) is 9.34. The van der Waals surface area contributed by atoms with Crippen molar-refractivity contribution in [2.75, 3.05) is 20.1 Å². The van der Waals surface area contributed by atoms with Crippen molar-refractivity contribution in [2.45, 2.75) is 32.2 Å². The van der Waals surface area contributed by atoms with Gasteiger partial charge in [0.2, 0.25) is 11.8 Å². The van der Waals surface area contributed by atoms with Crippen molar-refractivity contribution in [1.29, 1.82) is 0 Å². The molecule has 0 radical (unpaired) electrons. The summed E-state index contributed by atoms with van der Waals surface area (Å²) in [5.41, 5.74) is 7.08. The summed E-state index contributed by atoms with van der Waals surface area (Å²) in [7, 11) is 1.61. The van der Waals surface area contributed by atoms with Gasteiger partial charge in [0.1, 0.15) is 0 Å². The Morgan fingerprint density at radius 3 is 2.57 bits per heavy atom. The van der Waals surface area contributed by atoms with Gasteiger partial charge < -0.3 is 16.0 Å². The van der Waals surface area contributed by atoms with Crippen LogP contribution in [0.15, 0.2) is 30.3 Å². The molecule has 0 aliphatic heterocycles. The van der Waals surface area contributed by atoms with Crippen LogP contribution in [0.4, 0.5) is 0 Å². The summed E-state index contributed by atoms with van der Waals surface area (Å²) in [5.74, 6) is -0.347. The number of benzene rings is 1. The Morgan fingerprint density at radius 2 is 1.95 bits per heavy atom. The van der Waals surface area contributed by atoms with Crippen LogP contribution in [0.2, 0.25) is 0 Å². The van der Waals surface area contributed by atoms with Gasteiger partial charge in [0.15, 0.2) is 0 Å². The van der Waals surface area contributed by atoms with E-state index in [2.05, 4.69) is 5.32 Å². The largest absolute Gasteiger partial charge is 0.355 e. The SMILES string of the molecule is CCCNC(=O)CN(C)C(=O)C(N)CCc1ccccc1. The highest BCUT2D eigenvalue weighted by Gasteiger charge is 2.19. The monoisotopic (exact) mass is 291 g/mol. The first-order chi connectivity index (χ1) is 10.0. The lowest BCUT2D eigenvalue weighted by molar-refractivity contribution is -0.135. The lowest BCUT2D eigenvalue weighted by Gasteiger charge is -2.20. The van der Waals surface area contributed by atoms with Crippen LogP contribution in [0.3, 0.4) is 0 Å². The molecule has 0 saturated carbocycles. The maximum absolute atomic E-state index is 12.1. The molecule has 0 aromatic heterocycles. The van der Waals surface area contributed by atoms with E-state index in [0.29, 0.717) is 13.0 Å². The van der Waals surface area contributed by atoms with Gasteiger partial charge in [-0.15, -0.1) is 0 Å². The van der Waals surface area contributed by atoms with E-state index in [-0.39, 0.29) is 18.4 Å². The maximum atomic E-state index is 12.1. The van der Waals surface area contributed by atoms with Crippen LogP contribution in [0, 0.1) is 0 Å². The summed E-state index contributed by atoms with van der Waals surface area (Å²) >= 11 is 0. The minimum absolute atomic E-state index is 0.0534. The number of nitrogens with zero attached hydrogens (tertiary/aromatic N) is 1. The number of likely N-dealkylation sites (N-methyl/N-ethyl adjacent to an activating group) is 1. The van der Waals surface area contributed by atoms with E-state index >= 15 is 0 Å². The zero-order valence-corrected chi connectivity index (χ0v) is 12.8. The Balaban J connectivity index is 2.37. The van der Waals surface area contributed by atoms with E-state index in [0.717, 1.165) is 18.4 Å². The molecule has 0 saturated heterocycles. The second-order valence-electron chi connectivity index (χ2n) is 5.18. The van der Waals surface area contributed by atoms with Crippen molar-refractivity contribution in [2.24, 2.45) is 5.73 Å². The smallest absolute Gasteiger partial charge is 0.239 e. The predicted octanol–water partition coefficient (Wildman–Crippen LogP) is 0.931. The standard InChI is InChI=1S/C16H25N3O2/c1-3-11-18-15(20)12-19(2)16(21)14(17)10-9-13-7-5-4-6-8-13/h4-8,14H,3,9-12,17H2,1-2H3,(H,18,20). The maximum Gasteiger partial charge on any atom is 0.239 e. The Morgan fingerprint density at radius 1 is 1.29 bits per heavy atom. The molecule has 5 heteroatoms. The van der Waals surface area contributed by atoms with Gasteiger partial charge in [0.05, 0.1) is 12.6 Å². The molecule has 1 aromatic rings. The minimum Gasteiger partial charge on any atom is -0.355 e. The highest BCUT2D eigenvalue weighted by molar-refractivity contribution is 5.87. The third-order valence-corrected chi connectivity index (χ3v) is 3.23. The molecule has 21 heavy (non-hydrogen) atoms. The first-order valence-electron chi connectivity index (χ1n) is 7.35. The Kier molecular flexibility index (Phi) is 7.46. The van der Waals surface area contributed by atoms with Gasteiger partial charge >= 0.3 is 0 Å². The van der Waals surface area contributed by atoms with Crippen molar-refractivity contribution in [3.63, 3.8) is 0 Å². The number of carbonyl (C=O) groups is 2. The summed E-state index contributed by atoms with van der Waals surface area (Å²) in [6.07, 6.45) is 2.20. The first-order valence-corrected chi connectivity index (χ1v) is 7.35. The van der Waals surface area contributed by atoms with Crippen LogP contribution in [0.1, 0.15) is 25.3 Å². The van der Waals surface area contributed by atoms with Gasteiger partial charge in [-0.2, -0.15) is 0 Å². The molecular weight excluding hydrogens is 266 g/mol. The van der Waals surface area contributed by atoms with Gasteiger partial charge in [0, 0.05) is 13.6 Å². The Bertz CT molecular complexity index is 448. The molecule has 0 aliphatic carbocycles. The van der Waals surface area contributed by atoms with E-state index in [1.54, 1.807) is 7.05 Å². The molecule has 1 unspecified atom stereocenters. The molecule has 0 spiro atoms. The fourth-order valence-electron chi connectivity index (χ4n) is 1.99. The van der Waals surface area contributed by atoms with Crippen LogP contribution in [0.5, 0.6) is 0 Å². The van der Waals surface area contributed by atoms with Crippen LogP contribution in [0.25, 0.3) is 0 Å². The highest BCUT2D eigenvalue weighted by atomic mass is 16.2. The highest BCUT2D eigenvalue weighted by Crippen LogP contribution is 2.05. The molecule has 116 valence electrons. The van der Waals surface area contributed by atoms with Crippen molar-refractivity contribution < 1.29 is 9.59 Å². The molecular formula is C16H25N3O2. The number of nitrogens with two attached hydrogens (primary N) is 1. The minimum atomic E-state index is -0.575. The fraction of sp³-hybridized carbons (Fsp3) is 0.500. The lowest BCUT2D eigenvalue weighted by atomic mass is 10.1. The number of rotatable bonds is 8. The van der Waals surface area contributed by atoms with E-state index in [9.17, 15) is 9.59 Å². The zero-order chi connectivity index (χ0) is 15.7. The molecule has 0 heterocycles. The molecule has 1 aromatic carbocycles. The number of aryl methyl sites for hydroxylation is 1. The normalized spacial score (nSPS) is 11.8. The van der Waals surface area contributed by atoms with Crippen LogP contribution in [-0.4, -0.2) is 42.9 Å². The second-order valence-corrected chi connectivity index (χ2v) is 5.18. The van der Waals surface area contributed by atoms with Crippen molar-refractivity contribution in [3.8, 4) is 0 Å². The molecule has 5 nitrogen and oxygen atoms in total. The van der Waals surface area contributed by atoms with E-state index in [4.69, 9.17) is 5.73 Å². The third-order valence-electron chi connectivity index (χ3n) is 3.23. The Labute approximate surface area is 126 Å². The fourth-order valence-corrected chi connectivity index (χ4v) is 1.99. The van der Waals surface area contributed by atoms with Gasteiger partial charge in [-0.25, -0.2) is 0 Å². The Hall–Kier alpha value is -1.88. The molecule has 2 amide bonds. The van der Waals surface area contributed by atoms with Gasteiger partial charge in [-0.05, 0) is 24.8 Å². The van der Waals surface area contributed by atoms with E-state index < -0.39 is 6.04 Å². The predicted molar refractivity (Wildman–Crippen MR) is 83.7 cm³/mol. The first kappa shape index (κ1) is 17.2. The average molecular weight is 291 g/mol. The summed E-state index contributed by atoms with van der Waals surface area (Å²) < 4.78 is 0. The van der Waals surface area contributed by atoms with Gasteiger partial charge in [-0.1, -0.05) is 37.3 Å². The summed E-state index contributed by atoms with van der Waals surface area (Å²) in [4.78, 5) is 25.1. The molecule has 1 rings (SSSR count). The average Bonchev–Trinajstić information content (AvgIpc) is 2.50. The summed E-state index contributed by atoms with van der Waals surface area (Å²) in [5, 5.41) is 2.74. The molecule has 0 fully saturated rings. The van der Waals surface area contributed by atoms with Crippen molar-refractivity contribution in [1.82, 2.24) is 10.2 Å². The molecule has 0 bridgehead atoms. The molecule has 1 atom stereocenters. The van der Waals surface area contributed by atoms with Crippen LogP contribution >= 0.6 is 0 Å². The zero-order valence-electron chi connectivity index (χ0n) is 12.8. The van der Waals surface area contributed by atoms with Gasteiger partial charge in [-0.3, -0.25) is 9.59 Å². The van der Waals surface area contributed by atoms with E-state index in [1.165, 1.54) is 4.90 Å². The number of hydrogen-bond acceptors (Lipinski definition) is 3. The quantitative estimate of drug-likeness (QED) is 0.748. The van der Waals surface area contributed by atoms with E-state index in [1.807, 2.05) is 37.3 Å². The third kappa shape index (κ3) is 6.40. The summed E-state index contributed by atoms with van der Waals surface area (Å²) in [6.45, 7) is 2.66. The second kappa shape index (κ2) is 9.13. The number of amides is 2. The molecule has 3 N–H and O–H groups in total. The van der Waals surface area contributed by atoms with Crippen molar-refractivity contribution >= 4 is 11.8 Å².